The molecule has 1 heterocycles. The van der Waals surface area contributed by atoms with Gasteiger partial charge in [-0.25, -0.2) is 0 Å². The number of fused-ring (bicyclic) bond motifs is 5. The summed E-state index contributed by atoms with van der Waals surface area (Å²) in [5.41, 5.74) is 10.0. The Kier molecular flexibility index (Phi) is 7.18. The molecule has 0 N–H and O–H groups in total. The zero-order valence-corrected chi connectivity index (χ0v) is 28.4. The van der Waals surface area contributed by atoms with Gasteiger partial charge in [0.25, 0.3) is 0 Å². The van der Waals surface area contributed by atoms with Crippen molar-refractivity contribution >= 4 is 60.3 Å². The topological polar surface area (TPSA) is 16.4 Å². The van der Waals surface area contributed by atoms with E-state index in [1.165, 1.54) is 43.4 Å². The van der Waals surface area contributed by atoms with Crippen LogP contribution in [0.25, 0.3) is 76.9 Å². The number of nitrogens with zero attached hydrogens (tertiary/aromatic N) is 1. The Morgan fingerprint density at radius 2 is 0.904 bits per heavy atom. The number of hydrogen-bond donors (Lipinski definition) is 0. The average molecular weight is 664 g/mol. The van der Waals surface area contributed by atoms with Crippen LogP contribution in [0.15, 0.2) is 205 Å². The van der Waals surface area contributed by atoms with E-state index in [4.69, 9.17) is 4.42 Å². The maximum absolute atomic E-state index is 6.20. The Hall–Kier alpha value is -6.90. The number of hydrogen-bond acceptors (Lipinski definition) is 2. The molecular formula is C50H33NO. The van der Waals surface area contributed by atoms with Gasteiger partial charge in [0.2, 0.25) is 0 Å². The zero-order chi connectivity index (χ0) is 34.4. The molecule has 0 atom stereocenters. The molecule has 2 heteroatoms. The van der Waals surface area contributed by atoms with Crippen molar-refractivity contribution in [2.24, 2.45) is 0 Å². The minimum Gasteiger partial charge on any atom is -0.456 e. The molecule has 10 rings (SSSR count). The summed E-state index contributed by atoms with van der Waals surface area (Å²) in [6.45, 7) is 0. The summed E-state index contributed by atoms with van der Waals surface area (Å²) in [5.74, 6) is 0.877. The first-order valence-corrected chi connectivity index (χ1v) is 17.8. The molecule has 0 spiro atoms. The highest BCUT2D eigenvalue weighted by molar-refractivity contribution is 6.13. The summed E-state index contributed by atoms with van der Waals surface area (Å²) in [7, 11) is 0. The molecule has 10 aromatic rings. The van der Waals surface area contributed by atoms with Gasteiger partial charge in [0.15, 0.2) is 0 Å². The lowest BCUT2D eigenvalue weighted by Gasteiger charge is -2.27. The maximum Gasteiger partial charge on any atom is 0.135 e. The first kappa shape index (κ1) is 30.0. The molecular weight excluding hydrogens is 631 g/mol. The van der Waals surface area contributed by atoms with E-state index in [2.05, 4.69) is 187 Å². The summed E-state index contributed by atoms with van der Waals surface area (Å²) in [4.78, 5) is 2.37. The van der Waals surface area contributed by atoms with E-state index >= 15 is 0 Å². The predicted octanol–water partition coefficient (Wildman–Crippen LogP) is 14.4. The fourth-order valence-corrected chi connectivity index (χ4v) is 7.69. The van der Waals surface area contributed by atoms with Crippen LogP contribution in [0.5, 0.6) is 0 Å². The molecule has 0 aliphatic rings. The van der Waals surface area contributed by atoms with Crippen molar-refractivity contribution in [1.82, 2.24) is 0 Å². The molecule has 0 unspecified atom stereocenters. The maximum atomic E-state index is 6.20. The summed E-state index contributed by atoms with van der Waals surface area (Å²) in [5, 5.41) is 8.60. The van der Waals surface area contributed by atoms with Crippen molar-refractivity contribution < 1.29 is 4.42 Å². The van der Waals surface area contributed by atoms with Gasteiger partial charge < -0.3 is 9.32 Å². The van der Waals surface area contributed by atoms with Crippen LogP contribution in [0, 0.1) is 0 Å². The van der Waals surface area contributed by atoms with Gasteiger partial charge in [-0.2, -0.15) is 0 Å². The second kappa shape index (κ2) is 12.5. The second-order valence-electron chi connectivity index (χ2n) is 13.3. The lowest BCUT2D eigenvalue weighted by Crippen LogP contribution is -2.10. The van der Waals surface area contributed by atoms with Crippen LogP contribution in [0.4, 0.5) is 17.1 Å². The van der Waals surface area contributed by atoms with Gasteiger partial charge >= 0.3 is 0 Å². The van der Waals surface area contributed by atoms with Crippen LogP contribution in [0.1, 0.15) is 0 Å². The highest BCUT2D eigenvalue weighted by atomic mass is 16.3. The van der Waals surface area contributed by atoms with Crippen molar-refractivity contribution in [2.75, 3.05) is 4.90 Å². The fourth-order valence-electron chi connectivity index (χ4n) is 7.69. The molecule has 0 aliphatic carbocycles. The highest BCUT2D eigenvalue weighted by Crippen LogP contribution is 2.42. The van der Waals surface area contributed by atoms with Gasteiger partial charge in [-0.1, -0.05) is 146 Å². The van der Waals surface area contributed by atoms with E-state index in [1.807, 2.05) is 18.2 Å². The first-order chi connectivity index (χ1) is 25.8. The number of benzene rings is 9. The SMILES string of the molecule is c1cc(-c2ccc(N(c3ccc(-c4cc5ccccc5c5ccccc45)cc3)c3cccc4ccccc34)cc2)cc(-c2cc3ccccc3o2)c1. The normalized spacial score (nSPS) is 11.5. The van der Waals surface area contributed by atoms with E-state index in [0.29, 0.717) is 0 Å². The third-order valence-corrected chi connectivity index (χ3v) is 10.2. The summed E-state index contributed by atoms with van der Waals surface area (Å²) in [6, 6.07) is 71.7. The van der Waals surface area contributed by atoms with Crippen LogP contribution >= 0.6 is 0 Å². The molecule has 9 aromatic carbocycles. The van der Waals surface area contributed by atoms with Crippen LogP contribution in [-0.2, 0) is 0 Å². The molecule has 0 radical (unpaired) electrons. The lowest BCUT2D eigenvalue weighted by molar-refractivity contribution is 0.631. The van der Waals surface area contributed by atoms with Crippen LogP contribution in [-0.4, -0.2) is 0 Å². The monoisotopic (exact) mass is 663 g/mol. The number of para-hydroxylation sites is 1. The smallest absolute Gasteiger partial charge is 0.135 e. The molecule has 0 saturated heterocycles. The summed E-state index contributed by atoms with van der Waals surface area (Å²) < 4.78 is 6.20. The van der Waals surface area contributed by atoms with Gasteiger partial charge in [-0.3, -0.25) is 0 Å². The fraction of sp³-hybridized carbons (Fsp3) is 0. The molecule has 244 valence electrons. The Morgan fingerprint density at radius 1 is 0.327 bits per heavy atom. The Balaban J connectivity index is 1.06. The molecule has 0 amide bonds. The van der Waals surface area contributed by atoms with Crippen LogP contribution in [0.2, 0.25) is 0 Å². The first-order valence-electron chi connectivity index (χ1n) is 17.8. The molecule has 52 heavy (non-hydrogen) atoms. The second-order valence-corrected chi connectivity index (χ2v) is 13.3. The summed E-state index contributed by atoms with van der Waals surface area (Å²) in [6.07, 6.45) is 0. The van der Waals surface area contributed by atoms with Crippen LogP contribution in [0.3, 0.4) is 0 Å². The minimum atomic E-state index is 0.877. The van der Waals surface area contributed by atoms with Gasteiger partial charge in [0.05, 0.1) is 5.69 Å². The van der Waals surface area contributed by atoms with Gasteiger partial charge in [-0.05, 0) is 104 Å². The van der Waals surface area contributed by atoms with Crippen molar-refractivity contribution in [1.29, 1.82) is 0 Å². The number of furan rings is 1. The zero-order valence-electron chi connectivity index (χ0n) is 28.4. The van der Waals surface area contributed by atoms with E-state index < -0.39 is 0 Å². The predicted molar refractivity (Wildman–Crippen MR) is 220 cm³/mol. The average Bonchev–Trinajstić information content (AvgIpc) is 3.66. The van der Waals surface area contributed by atoms with Gasteiger partial charge in [0.1, 0.15) is 11.3 Å². The van der Waals surface area contributed by atoms with Crippen molar-refractivity contribution in [3.63, 3.8) is 0 Å². The number of rotatable bonds is 6. The quantitative estimate of drug-likeness (QED) is 0.165. The largest absolute Gasteiger partial charge is 0.456 e. The highest BCUT2D eigenvalue weighted by Gasteiger charge is 2.17. The summed E-state index contributed by atoms with van der Waals surface area (Å²) >= 11 is 0. The van der Waals surface area contributed by atoms with Crippen molar-refractivity contribution in [3.8, 4) is 33.6 Å². The third-order valence-electron chi connectivity index (χ3n) is 10.2. The number of anilines is 3. The third kappa shape index (κ3) is 5.21. The van der Waals surface area contributed by atoms with E-state index in [1.54, 1.807) is 0 Å². The lowest BCUT2D eigenvalue weighted by atomic mass is 9.93. The molecule has 0 bridgehead atoms. The minimum absolute atomic E-state index is 0.877. The van der Waals surface area contributed by atoms with Crippen molar-refractivity contribution in [2.45, 2.75) is 0 Å². The Labute approximate surface area is 302 Å². The Bertz CT molecular complexity index is 2860. The molecule has 0 aliphatic heterocycles. The molecule has 0 saturated carbocycles. The van der Waals surface area contributed by atoms with Gasteiger partial charge in [-0.15, -0.1) is 0 Å². The van der Waals surface area contributed by atoms with E-state index in [9.17, 15) is 0 Å². The van der Waals surface area contributed by atoms with E-state index in [0.717, 1.165) is 50.5 Å². The molecule has 2 nitrogen and oxygen atoms in total. The standard InChI is InChI=1S/C50H33NO/c1-5-18-44-35(11-1)14-10-21-48(44)51(42-29-25-36(26-30-42)47-32-38-12-2-4-17-43(38)45-19-6-7-20-46(45)47)41-27-23-34(24-28-41)37-15-9-16-39(31-37)50-33-40-13-3-8-22-49(40)52-50/h1-33H. The molecule has 0 fully saturated rings. The van der Waals surface area contributed by atoms with E-state index in [-0.39, 0.29) is 0 Å². The Morgan fingerprint density at radius 3 is 1.67 bits per heavy atom. The molecule has 1 aromatic heterocycles. The van der Waals surface area contributed by atoms with Gasteiger partial charge in [0, 0.05) is 27.7 Å². The van der Waals surface area contributed by atoms with Crippen LogP contribution < -0.4 is 4.90 Å². The van der Waals surface area contributed by atoms with Crippen molar-refractivity contribution in [3.05, 3.63) is 200 Å².